The summed E-state index contributed by atoms with van der Waals surface area (Å²) in [4.78, 5) is 18.3. The molecule has 0 radical (unpaired) electrons. The van der Waals surface area contributed by atoms with E-state index in [2.05, 4.69) is 15.3 Å². The van der Waals surface area contributed by atoms with Gasteiger partial charge in [-0.1, -0.05) is 0 Å². The van der Waals surface area contributed by atoms with Gasteiger partial charge in [-0.2, -0.15) is 10.3 Å². The van der Waals surface area contributed by atoms with Gasteiger partial charge in [0.25, 0.3) is 5.91 Å². The average Bonchev–Trinajstić information content (AvgIpc) is 2.58. The van der Waals surface area contributed by atoms with E-state index in [0.717, 1.165) is 5.57 Å². The summed E-state index contributed by atoms with van der Waals surface area (Å²) in [6, 6.07) is 0. The Balaban J connectivity index is 2.45. The molecule has 5 nitrogen and oxygen atoms in total. The second-order valence-corrected chi connectivity index (χ2v) is 2.37. The number of hydrogen-bond donors (Lipinski definition) is 1. The van der Waals surface area contributed by atoms with Crippen LogP contribution in [0.15, 0.2) is 21.1 Å². The van der Waals surface area contributed by atoms with Crippen molar-refractivity contribution in [3.8, 4) is 6.19 Å². The number of rotatable bonds is 0. The third-order valence-corrected chi connectivity index (χ3v) is 1.74. The molecule has 0 aromatic heterocycles. The molecule has 2 rings (SSSR count). The van der Waals surface area contributed by atoms with Crippen LogP contribution in [0.3, 0.4) is 0 Å². The molecule has 0 saturated carbocycles. The van der Waals surface area contributed by atoms with Crippen molar-refractivity contribution < 1.29 is 4.79 Å². The maximum absolute atomic E-state index is 11.0. The fourth-order valence-electron chi connectivity index (χ4n) is 1.18. The molecule has 0 aromatic rings. The molecular weight excluding hydrogens is 156 g/mol. The number of nitrogens with zero attached hydrogens (tertiary/aromatic N) is 3. The Morgan fingerprint density at radius 3 is 3.33 bits per heavy atom. The third-order valence-electron chi connectivity index (χ3n) is 1.74. The summed E-state index contributed by atoms with van der Waals surface area (Å²) in [5, 5.41) is 10.9. The largest absolute Gasteiger partial charge is 0.348 e. The lowest BCUT2D eigenvalue weighted by molar-refractivity contribution is -0.116. The van der Waals surface area contributed by atoms with Crippen LogP contribution in [0.25, 0.3) is 0 Å². The van der Waals surface area contributed by atoms with Crippen molar-refractivity contribution in [1.29, 1.82) is 5.26 Å². The molecule has 0 fully saturated rings. The molecule has 5 heteroatoms. The zero-order chi connectivity index (χ0) is 8.55. The van der Waals surface area contributed by atoms with Crippen molar-refractivity contribution in [3.05, 3.63) is 11.1 Å². The van der Waals surface area contributed by atoms with Gasteiger partial charge in [-0.15, -0.1) is 0 Å². The quantitative estimate of drug-likeness (QED) is 0.479. The lowest BCUT2D eigenvalue weighted by Crippen LogP contribution is -2.19. The number of amidine groups is 1. The van der Waals surface area contributed by atoms with E-state index in [9.17, 15) is 4.79 Å². The minimum atomic E-state index is -0.142. The molecule has 2 heterocycles. The summed E-state index contributed by atoms with van der Waals surface area (Å²) < 4.78 is 0. The van der Waals surface area contributed by atoms with Crippen LogP contribution < -0.4 is 5.32 Å². The molecule has 0 unspecified atom stereocenters. The summed E-state index contributed by atoms with van der Waals surface area (Å²) >= 11 is 0. The van der Waals surface area contributed by atoms with Crippen molar-refractivity contribution in [2.45, 2.75) is 0 Å². The molecule has 58 valence electrons. The smallest absolute Gasteiger partial charge is 0.253 e. The number of carbonyl (C=O) groups excluding carboxylic acids is 1. The maximum atomic E-state index is 11.0. The lowest BCUT2D eigenvalue weighted by Gasteiger charge is -1.93. The van der Waals surface area contributed by atoms with Crippen LogP contribution in [-0.4, -0.2) is 24.5 Å². The topological polar surface area (TPSA) is 77.6 Å². The Labute approximate surface area is 68.1 Å². The Bertz CT molecular complexity index is 383. The van der Waals surface area contributed by atoms with Gasteiger partial charge in [0, 0.05) is 18.3 Å². The molecule has 0 aliphatic carbocycles. The van der Waals surface area contributed by atoms with Gasteiger partial charge in [-0.3, -0.25) is 4.79 Å². The van der Waals surface area contributed by atoms with E-state index in [1.54, 1.807) is 6.19 Å². The van der Waals surface area contributed by atoms with Gasteiger partial charge in [0.05, 0.1) is 5.57 Å². The maximum Gasteiger partial charge on any atom is 0.253 e. The zero-order valence-electron chi connectivity index (χ0n) is 6.03. The Morgan fingerprint density at radius 2 is 2.58 bits per heavy atom. The van der Waals surface area contributed by atoms with Crippen LogP contribution >= 0.6 is 0 Å². The van der Waals surface area contributed by atoms with E-state index in [-0.39, 0.29) is 5.91 Å². The third kappa shape index (κ3) is 0.751. The van der Waals surface area contributed by atoms with Crippen molar-refractivity contribution in [2.75, 3.05) is 6.54 Å². The van der Waals surface area contributed by atoms with Gasteiger partial charge in [-0.25, -0.2) is 4.99 Å². The molecule has 1 N–H and O–H groups in total. The van der Waals surface area contributed by atoms with Crippen molar-refractivity contribution >= 4 is 18.0 Å². The average molecular weight is 160 g/mol. The summed E-state index contributed by atoms with van der Waals surface area (Å²) in [7, 11) is 0. The molecule has 2 aliphatic heterocycles. The summed E-state index contributed by atoms with van der Waals surface area (Å²) in [6.45, 7) is 0.425. The standard InChI is InChI=1S/C7H4N4O/c8-3-11-6-4-1-10-7(12)5(4)2-9-6/h2H,1H2,(H,10,12). The normalized spacial score (nSPS) is 22.9. The minimum absolute atomic E-state index is 0.142. The number of carbonyl (C=O) groups is 1. The van der Waals surface area contributed by atoms with E-state index in [1.807, 2.05) is 0 Å². The molecule has 1 amide bonds. The minimum Gasteiger partial charge on any atom is -0.348 e. The molecule has 0 saturated heterocycles. The molecule has 0 bridgehead atoms. The van der Waals surface area contributed by atoms with E-state index in [4.69, 9.17) is 5.26 Å². The first-order valence-corrected chi connectivity index (χ1v) is 3.35. The van der Waals surface area contributed by atoms with E-state index in [1.165, 1.54) is 6.21 Å². The molecular formula is C7H4N4O. The fraction of sp³-hybridized carbons (Fsp3) is 0.143. The van der Waals surface area contributed by atoms with Gasteiger partial charge in [0.2, 0.25) is 6.19 Å². The molecule has 2 aliphatic rings. The van der Waals surface area contributed by atoms with Gasteiger partial charge < -0.3 is 5.32 Å². The van der Waals surface area contributed by atoms with Crippen LogP contribution in [-0.2, 0) is 4.79 Å². The zero-order valence-corrected chi connectivity index (χ0v) is 6.03. The highest BCUT2D eigenvalue weighted by Crippen LogP contribution is 2.17. The molecule has 0 aromatic carbocycles. The van der Waals surface area contributed by atoms with Gasteiger partial charge in [0.15, 0.2) is 5.84 Å². The van der Waals surface area contributed by atoms with Gasteiger partial charge in [-0.05, 0) is 0 Å². The number of nitrogens with one attached hydrogen (secondary N) is 1. The molecule has 0 atom stereocenters. The number of hydrogen-bond acceptors (Lipinski definition) is 3. The number of aliphatic imine (C=N–C) groups is 2. The number of nitriles is 1. The highest BCUT2D eigenvalue weighted by Gasteiger charge is 2.28. The molecule has 12 heavy (non-hydrogen) atoms. The van der Waals surface area contributed by atoms with E-state index >= 15 is 0 Å². The fourth-order valence-corrected chi connectivity index (χ4v) is 1.18. The van der Waals surface area contributed by atoms with Gasteiger partial charge >= 0.3 is 0 Å². The van der Waals surface area contributed by atoms with Crippen LogP contribution in [0, 0.1) is 11.5 Å². The lowest BCUT2D eigenvalue weighted by atomic mass is 10.2. The highest BCUT2D eigenvalue weighted by atomic mass is 16.1. The van der Waals surface area contributed by atoms with Crippen LogP contribution in [0.4, 0.5) is 0 Å². The first kappa shape index (κ1) is 6.73. The number of amides is 1. The van der Waals surface area contributed by atoms with Crippen molar-refractivity contribution in [1.82, 2.24) is 5.32 Å². The SMILES string of the molecule is N#CN=C1N=CC2=C1CNC2=O. The van der Waals surface area contributed by atoms with Crippen LogP contribution in [0.1, 0.15) is 0 Å². The Morgan fingerprint density at radius 1 is 1.75 bits per heavy atom. The summed E-state index contributed by atoms with van der Waals surface area (Å²) in [6.07, 6.45) is 3.08. The van der Waals surface area contributed by atoms with Crippen molar-refractivity contribution in [2.24, 2.45) is 9.98 Å². The second kappa shape index (κ2) is 2.27. The first-order chi connectivity index (χ1) is 5.83. The van der Waals surface area contributed by atoms with Crippen molar-refractivity contribution in [3.63, 3.8) is 0 Å². The Kier molecular flexibility index (Phi) is 1.27. The summed E-state index contributed by atoms with van der Waals surface area (Å²) in [5.74, 6) is 0.211. The predicted octanol–water partition coefficient (Wildman–Crippen LogP) is -0.623. The van der Waals surface area contributed by atoms with Crippen LogP contribution in [0.2, 0.25) is 0 Å². The van der Waals surface area contributed by atoms with E-state index < -0.39 is 0 Å². The highest BCUT2D eigenvalue weighted by molar-refractivity contribution is 6.28. The Hall–Kier alpha value is -1.96. The predicted molar refractivity (Wildman–Crippen MR) is 41.6 cm³/mol. The van der Waals surface area contributed by atoms with Crippen LogP contribution in [0.5, 0.6) is 0 Å². The first-order valence-electron chi connectivity index (χ1n) is 3.35. The molecule has 0 spiro atoms. The summed E-state index contributed by atoms with van der Waals surface area (Å²) in [5.41, 5.74) is 1.26. The second-order valence-electron chi connectivity index (χ2n) is 2.37. The van der Waals surface area contributed by atoms with E-state index in [0.29, 0.717) is 18.0 Å². The van der Waals surface area contributed by atoms with Gasteiger partial charge in [0.1, 0.15) is 0 Å². The monoisotopic (exact) mass is 160 g/mol.